The lowest BCUT2D eigenvalue weighted by Gasteiger charge is -2.27. The standard InChI is InChI=1S/C14H22N2O2S/c1-4-12-9-8-10(2)16(12)19(17,18)14-7-5-6-13(15)11(14)3/h5-7,10,12H,4,8-9,15H2,1-3H3. The first kappa shape index (κ1) is 14.3. The first-order valence-electron chi connectivity index (χ1n) is 6.78. The van der Waals surface area contributed by atoms with Crippen molar-refractivity contribution in [3.05, 3.63) is 23.8 Å². The van der Waals surface area contributed by atoms with Crippen molar-refractivity contribution in [2.45, 2.75) is 57.0 Å². The Hall–Kier alpha value is -1.07. The summed E-state index contributed by atoms with van der Waals surface area (Å²) in [5.74, 6) is 0. The van der Waals surface area contributed by atoms with Gasteiger partial charge in [-0.15, -0.1) is 0 Å². The van der Waals surface area contributed by atoms with Crippen LogP contribution >= 0.6 is 0 Å². The lowest BCUT2D eigenvalue weighted by atomic mass is 10.2. The van der Waals surface area contributed by atoms with Gasteiger partial charge in [0.15, 0.2) is 0 Å². The zero-order valence-electron chi connectivity index (χ0n) is 11.8. The van der Waals surface area contributed by atoms with Crippen LogP contribution in [-0.4, -0.2) is 24.8 Å². The van der Waals surface area contributed by atoms with Gasteiger partial charge in [-0.2, -0.15) is 4.31 Å². The summed E-state index contributed by atoms with van der Waals surface area (Å²) >= 11 is 0. The SMILES string of the molecule is CCC1CCC(C)N1S(=O)(=O)c1cccc(N)c1C. The molecule has 0 radical (unpaired) electrons. The predicted molar refractivity (Wildman–Crippen MR) is 77.4 cm³/mol. The van der Waals surface area contributed by atoms with Crippen LogP contribution in [0.1, 0.15) is 38.7 Å². The Morgan fingerprint density at radius 3 is 2.68 bits per heavy atom. The van der Waals surface area contributed by atoms with E-state index in [0.29, 0.717) is 16.1 Å². The average molecular weight is 282 g/mol. The van der Waals surface area contributed by atoms with Gasteiger partial charge in [-0.3, -0.25) is 0 Å². The van der Waals surface area contributed by atoms with Crippen LogP contribution in [0.3, 0.4) is 0 Å². The largest absolute Gasteiger partial charge is 0.398 e. The van der Waals surface area contributed by atoms with Crippen molar-refractivity contribution >= 4 is 15.7 Å². The Kier molecular flexibility index (Phi) is 3.87. The van der Waals surface area contributed by atoms with Crippen LogP contribution in [0, 0.1) is 6.92 Å². The van der Waals surface area contributed by atoms with E-state index in [4.69, 9.17) is 5.73 Å². The molecule has 2 atom stereocenters. The highest BCUT2D eigenvalue weighted by molar-refractivity contribution is 7.89. The smallest absolute Gasteiger partial charge is 0.243 e. The normalized spacial score (nSPS) is 24.8. The third-order valence-corrected chi connectivity index (χ3v) is 6.28. The maximum absolute atomic E-state index is 12.9. The number of nitrogens with two attached hydrogens (primary N) is 1. The maximum atomic E-state index is 12.9. The van der Waals surface area contributed by atoms with Crippen molar-refractivity contribution in [3.63, 3.8) is 0 Å². The van der Waals surface area contributed by atoms with Crippen molar-refractivity contribution in [2.75, 3.05) is 5.73 Å². The van der Waals surface area contributed by atoms with Crippen LogP contribution in [-0.2, 0) is 10.0 Å². The van der Waals surface area contributed by atoms with E-state index in [0.717, 1.165) is 19.3 Å². The Labute approximate surface area is 115 Å². The molecule has 2 N–H and O–H groups in total. The summed E-state index contributed by atoms with van der Waals surface area (Å²) in [7, 11) is -3.45. The third-order valence-electron chi connectivity index (χ3n) is 4.06. The third kappa shape index (κ3) is 2.37. The molecule has 0 spiro atoms. The van der Waals surface area contributed by atoms with Crippen molar-refractivity contribution < 1.29 is 8.42 Å². The predicted octanol–water partition coefficient (Wildman–Crippen LogP) is 2.53. The van der Waals surface area contributed by atoms with Crippen molar-refractivity contribution in [1.82, 2.24) is 4.31 Å². The fourth-order valence-electron chi connectivity index (χ4n) is 2.89. The minimum Gasteiger partial charge on any atom is -0.398 e. The van der Waals surface area contributed by atoms with Crippen LogP contribution < -0.4 is 5.73 Å². The van der Waals surface area contributed by atoms with Gasteiger partial charge >= 0.3 is 0 Å². The van der Waals surface area contributed by atoms with E-state index in [2.05, 4.69) is 0 Å². The van der Waals surface area contributed by atoms with Crippen LogP contribution in [0.15, 0.2) is 23.1 Å². The number of hydrogen-bond donors (Lipinski definition) is 1. The van der Waals surface area contributed by atoms with E-state index in [-0.39, 0.29) is 12.1 Å². The number of benzene rings is 1. The van der Waals surface area contributed by atoms with E-state index in [9.17, 15) is 8.42 Å². The van der Waals surface area contributed by atoms with Crippen molar-refractivity contribution in [3.8, 4) is 0 Å². The second kappa shape index (κ2) is 5.13. The van der Waals surface area contributed by atoms with Gasteiger partial charge in [0, 0.05) is 17.8 Å². The minimum atomic E-state index is -3.45. The zero-order valence-corrected chi connectivity index (χ0v) is 12.6. The number of rotatable bonds is 3. The van der Waals surface area contributed by atoms with E-state index >= 15 is 0 Å². The number of hydrogen-bond acceptors (Lipinski definition) is 3. The molecule has 1 heterocycles. The summed E-state index contributed by atoms with van der Waals surface area (Å²) in [6.45, 7) is 5.79. The molecule has 1 aromatic carbocycles. The fraction of sp³-hybridized carbons (Fsp3) is 0.571. The van der Waals surface area contributed by atoms with Crippen LogP contribution in [0.4, 0.5) is 5.69 Å². The molecule has 0 amide bonds. The van der Waals surface area contributed by atoms with Gasteiger partial charge in [-0.05, 0) is 50.8 Å². The van der Waals surface area contributed by atoms with Gasteiger partial charge in [0.25, 0.3) is 0 Å². The summed E-state index contributed by atoms with van der Waals surface area (Å²) in [5.41, 5.74) is 7.01. The summed E-state index contributed by atoms with van der Waals surface area (Å²) in [4.78, 5) is 0.347. The lowest BCUT2D eigenvalue weighted by Crippen LogP contribution is -2.39. The molecule has 1 aromatic rings. The molecular formula is C14H22N2O2S. The number of nitrogen functional groups attached to an aromatic ring is 1. The number of anilines is 1. The first-order chi connectivity index (χ1) is 8.89. The number of sulfonamides is 1. The Balaban J connectivity index is 2.50. The van der Waals surface area contributed by atoms with Gasteiger partial charge in [0.1, 0.15) is 0 Å². The summed E-state index contributed by atoms with van der Waals surface area (Å²) < 4.78 is 27.4. The highest BCUT2D eigenvalue weighted by Crippen LogP contribution is 2.34. The molecule has 4 nitrogen and oxygen atoms in total. The number of nitrogens with zero attached hydrogens (tertiary/aromatic N) is 1. The topological polar surface area (TPSA) is 63.4 Å². The molecule has 1 aliphatic rings. The van der Waals surface area contributed by atoms with E-state index < -0.39 is 10.0 Å². The summed E-state index contributed by atoms with van der Waals surface area (Å²) in [6.07, 6.45) is 2.72. The molecule has 1 fully saturated rings. The van der Waals surface area contributed by atoms with Crippen molar-refractivity contribution in [1.29, 1.82) is 0 Å². The van der Waals surface area contributed by atoms with Gasteiger partial charge in [-0.25, -0.2) is 8.42 Å². The molecule has 1 aliphatic heterocycles. The Morgan fingerprint density at radius 1 is 1.37 bits per heavy atom. The zero-order chi connectivity index (χ0) is 14.2. The quantitative estimate of drug-likeness (QED) is 0.866. The van der Waals surface area contributed by atoms with Crippen LogP contribution in [0.2, 0.25) is 0 Å². The molecule has 0 saturated carbocycles. The fourth-order valence-corrected chi connectivity index (χ4v) is 5.10. The molecule has 2 rings (SSSR count). The summed E-state index contributed by atoms with van der Waals surface area (Å²) in [6, 6.07) is 5.27. The molecule has 0 aromatic heterocycles. The molecule has 0 aliphatic carbocycles. The molecule has 0 bridgehead atoms. The summed E-state index contributed by atoms with van der Waals surface area (Å²) in [5, 5.41) is 0. The molecule has 5 heteroatoms. The Morgan fingerprint density at radius 2 is 2.05 bits per heavy atom. The van der Waals surface area contributed by atoms with Gasteiger partial charge in [0.2, 0.25) is 10.0 Å². The second-order valence-electron chi connectivity index (χ2n) is 5.29. The molecule has 1 saturated heterocycles. The van der Waals surface area contributed by atoms with E-state index in [1.165, 1.54) is 0 Å². The second-order valence-corrected chi connectivity index (χ2v) is 7.11. The molecule has 106 valence electrons. The van der Waals surface area contributed by atoms with Crippen LogP contribution in [0.5, 0.6) is 0 Å². The van der Waals surface area contributed by atoms with Crippen LogP contribution in [0.25, 0.3) is 0 Å². The highest BCUT2D eigenvalue weighted by Gasteiger charge is 2.39. The average Bonchev–Trinajstić information content (AvgIpc) is 2.74. The van der Waals surface area contributed by atoms with Gasteiger partial charge in [-0.1, -0.05) is 13.0 Å². The monoisotopic (exact) mass is 282 g/mol. The molecule has 19 heavy (non-hydrogen) atoms. The molecule has 2 unspecified atom stereocenters. The lowest BCUT2D eigenvalue weighted by molar-refractivity contribution is 0.328. The molecular weight excluding hydrogens is 260 g/mol. The van der Waals surface area contributed by atoms with Crippen molar-refractivity contribution in [2.24, 2.45) is 0 Å². The Bertz CT molecular complexity index is 569. The van der Waals surface area contributed by atoms with E-state index in [1.807, 2.05) is 13.8 Å². The van der Waals surface area contributed by atoms with Gasteiger partial charge in [0.05, 0.1) is 4.90 Å². The van der Waals surface area contributed by atoms with E-state index in [1.54, 1.807) is 29.4 Å². The first-order valence-corrected chi connectivity index (χ1v) is 8.22. The van der Waals surface area contributed by atoms with Gasteiger partial charge < -0.3 is 5.73 Å². The minimum absolute atomic E-state index is 0.0655. The maximum Gasteiger partial charge on any atom is 0.243 e. The highest BCUT2D eigenvalue weighted by atomic mass is 32.2.